The van der Waals surface area contributed by atoms with E-state index in [9.17, 15) is 4.79 Å². The molecule has 0 spiro atoms. The molecule has 0 rings (SSSR count). The first-order valence-corrected chi connectivity index (χ1v) is 4.15. The van der Waals surface area contributed by atoms with Crippen molar-refractivity contribution in [3.8, 4) is 0 Å². The van der Waals surface area contributed by atoms with Crippen LogP contribution < -0.4 is 11.1 Å². The predicted molar refractivity (Wildman–Crippen MR) is 47.5 cm³/mol. The standard InChI is InChI=1S/C8H18N2O2/c1-5(2)7(4-11)10-8(12)6(3)9/h5-7,11H,4,9H2,1-3H3,(H,10,12)/t6?,7-/m1/s1. The van der Waals surface area contributed by atoms with Crippen LogP contribution in [0.2, 0.25) is 0 Å². The summed E-state index contributed by atoms with van der Waals surface area (Å²) < 4.78 is 0. The van der Waals surface area contributed by atoms with Crippen LogP contribution in [0, 0.1) is 5.92 Å². The largest absolute Gasteiger partial charge is 0.394 e. The van der Waals surface area contributed by atoms with Gasteiger partial charge in [0.05, 0.1) is 18.7 Å². The summed E-state index contributed by atoms with van der Waals surface area (Å²) in [6.07, 6.45) is 0. The molecule has 0 aromatic rings. The zero-order valence-corrected chi connectivity index (χ0v) is 7.87. The average Bonchev–Trinajstić information content (AvgIpc) is 1.98. The second kappa shape index (κ2) is 5.11. The van der Waals surface area contributed by atoms with Crippen molar-refractivity contribution in [1.29, 1.82) is 0 Å². The molecule has 0 aliphatic carbocycles. The Morgan fingerprint density at radius 1 is 1.50 bits per heavy atom. The maximum atomic E-state index is 11.1. The van der Waals surface area contributed by atoms with Gasteiger partial charge in [-0.3, -0.25) is 4.79 Å². The number of nitrogens with two attached hydrogens (primary N) is 1. The first kappa shape index (κ1) is 11.4. The minimum atomic E-state index is -0.516. The van der Waals surface area contributed by atoms with E-state index in [4.69, 9.17) is 10.8 Å². The number of nitrogens with one attached hydrogen (secondary N) is 1. The molecule has 4 heteroatoms. The van der Waals surface area contributed by atoms with Crippen LogP contribution >= 0.6 is 0 Å². The Balaban J connectivity index is 3.94. The van der Waals surface area contributed by atoms with Crippen molar-refractivity contribution in [3.63, 3.8) is 0 Å². The molecule has 1 amide bonds. The lowest BCUT2D eigenvalue weighted by molar-refractivity contribution is -0.123. The lowest BCUT2D eigenvalue weighted by Gasteiger charge is -2.20. The van der Waals surface area contributed by atoms with Crippen molar-refractivity contribution in [2.75, 3.05) is 6.61 Å². The highest BCUT2D eigenvalue weighted by molar-refractivity contribution is 5.81. The Bertz CT molecular complexity index is 146. The molecule has 0 saturated carbocycles. The van der Waals surface area contributed by atoms with E-state index in [0.29, 0.717) is 0 Å². The van der Waals surface area contributed by atoms with Crippen LogP contribution in [0.25, 0.3) is 0 Å². The monoisotopic (exact) mass is 174 g/mol. The number of aliphatic hydroxyl groups is 1. The van der Waals surface area contributed by atoms with Gasteiger partial charge in [-0.15, -0.1) is 0 Å². The highest BCUT2D eigenvalue weighted by atomic mass is 16.3. The highest BCUT2D eigenvalue weighted by Gasteiger charge is 2.16. The lowest BCUT2D eigenvalue weighted by atomic mass is 10.1. The third-order valence-electron chi connectivity index (χ3n) is 1.74. The maximum Gasteiger partial charge on any atom is 0.236 e. The third kappa shape index (κ3) is 3.69. The normalized spacial score (nSPS) is 15.8. The predicted octanol–water partition coefficient (Wildman–Crippen LogP) is -0.533. The smallest absolute Gasteiger partial charge is 0.236 e. The molecule has 1 unspecified atom stereocenters. The second-order valence-electron chi connectivity index (χ2n) is 3.33. The zero-order chi connectivity index (χ0) is 9.72. The van der Waals surface area contributed by atoms with Crippen LogP contribution in [-0.4, -0.2) is 29.7 Å². The summed E-state index contributed by atoms with van der Waals surface area (Å²) in [6.45, 7) is 5.44. The molecule has 0 fully saturated rings. The van der Waals surface area contributed by atoms with Gasteiger partial charge in [-0.25, -0.2) is 0 Å². The van der Waals surface area contributed by atoms with Crippen LogP contribution in [0.4, 0.5) is 0 Å². The van der Waals surface area contributed by atoms with Crippen LogP contribution in [0.5, 0.6) is 0 Å². The number of aliphatic hydroxyl groups excluding tert-OH is 1. The Labute approximate surface area is 73.1 Å². The number of hydrogen-bond acceptors (Lipinski definition) is 3. The van der Waals surface area contributed by atoms with E-state index in [1.165, 1.54) is 0 Å². The van der Waals surface area contributed by atoms with Gasteiger partial charge in [-0.05, 0) is 12.8 Å². The quantitative estimate of drug-likeness (QED) is 0.536. The van der Waals surface area contributed by atoms with E-state index in [2.05, 4.69) is 5.32 Å². The first-order chi connectivity index (χ1) is 5.49. The number of hydrogen-bond donors (Lipinski definition) is 3. The summed E-state index contributed by atoms with van der Waals surface area (Å²) in [6, 6.07) is -0.707. The van der Waals surface area contributed by atoms with Gasteiger partial charge in [0, 0.05) is 0 Å². The number of carbonyl (C=O) groups is 1. The molecule has 0 radical (unpaired) electrons. The Morgan fingerprint density at radius 2 is 2.00 bits per heavy atom. The van der Waals surface area contributed by atoms with Gasteiger partial charge in [0.1, 0.15) is 0 Å². The van der Waals surface area contributed by atoms with Gasteiger partial charge in [-0.1, -0.05) is 13.8 Å². The minimum Gasteiger partial charge on any atom is -0.394 e. The van der Waals surface area contributed by atoms with E-state index in [1.54, 1.807) is 6.92 Å². The highest BCUT2D eigenvalue weighted by Crippen LogP contribution is 2.00. The van der Waals surface area contributed by atoms with E-state index in [0.717, 1.165) is 0 Å². The molecule has 12 heavy (non-hydrogen) atoms. The van der Waals surface area contributed by atoms with Gasteiger partial charge >= 0.3 is 0 Å². The Hall–Kier alpha value is -0.610. The molecule has 0 saturated heterocycles. The zero-order valence-electron chi connectivity index (χ0n) is 7.87. The Kier molecular flexibility index (Phi) is 4.85. The molecule has 0 aromatic carbocycles. The van der Waals surface area contributed by atoms with Gasteiger partial charge in [-0.2, -0.15) is 0 Å². The van der Waals surface area contributed by atoms with Gasteiger partial charge < -0.3 is 16.2 Å². The summed E-state index contributed by atoms with van der Waals surface area (Å²) in [5.74, 6) is 0.000417. The third-order valence-corrected chi connectivity index (χ3v) is 1.74. The molecule has 0 aromatic heterocycles. The summed E-state index contributed by atoms with van der Waals surface area (Å²) >= 11 is 0. The molecule has 2 atom stereocenters. The van der Waals surface area contributed by atoms with Gasteiger partial charge in [0.2, 0.25) is 5.91 Å². The average molecular weight is 174 g/mol. The molecule has 0 bridgehead atoms. The van der Waals surface area contributed by atoms with Gasteiger partial charge in [0.25, 0.3) is 0 Å². The van der Waals surface area contributed by atoms with E-state index >= 15 is 0 Å². The summed E-state index contributed by atoms with van der Waals surface area (Å²) in [7, 11) is 0. The van der Waals surface area contributed by atoms with Crippen molar-refractivity contribution in [1.82, 2.24) is 5.32 Å². The minimum absolute atomic E-state index is 0.0455. The van der Waals surface area contributed by atoms with E-state index in [-0.39, 0.29) is 24.5 Å². The van der Waals surface area contributed by atoms with Crippen LogP contribution in [0.3, 0.4) is 0 Å². The number of rotatable bonds is 4. The summed E-state index contributed by atoms with van der Waals surface area (Å²) in [4.78, 5) is 11.1. The molecule has 72 valence electrons. The first-order valence-electron chi connectivity index (χ1n) is 4.15. The molecule has 0 heterocycles. The second-order valence-corrected chi connectivity index (χ2v) is 3.33. The topological polar surface area (TPSA) is 75.4 Å². The molecule has 4 nitrogen and oxygen atoms in total. The summed E-state index contributed by atoms with van der Waals surface area (Å²) in [5.41, 5.74) is 5.35. The SMILES string of the molecule is CC(N)C(=O)N[C@H](CO)C(C)C. The van der Waals surface area contributed by atoms with E-state index < -0.39 is 6.04 Å². The fourth-order valence-electron chi connectivity index (χ4n) is 0.737. The van der Waals surface area contributed by atoms with Gasteiger partial charge in [0.15, 0.2) is 0 Å². The molecular weight excluding hydrogens is 156 g/mol. The molecule has 0 aliphatic rings. The van der Waals surface area contributed by atoms with Crippen LogP contribution in [0.15, 0.2) is 0 Å². The fourth-order valence-corrected chi connectivity index (χ4v) is 0.737. The number of carbonyl (C=O) groups excluding carboxylic acids is 1. The van der Waals surface area contributed by atoms with Crippen LogP contribution in [0.1, 0.15) is 20.8 Å². The van der Waals surface area contributed by atoms with Crippen molar-refractivity contribution < 1.29 is 9.90 Å². The maximum absolute atomic E-state index is 11.1. The van der Waals surface area contributed by atoms with Crippen molar-refractivity contribution >= 4 is 5.91 Å². The molecule has 4 N–H and O–H groups in total. The Morgan fingerprint density at radius 3 is 2.25 bits per heavy atom. The lowest BCUT2D eigenvalue weighted by Crippen LogP contribution is -2.47. The van der Waals surface area contributed by atoms with Crippen molar-refractivity contribution in [2.24, 2.45) is 11.7 Å². The van der Waals surface area contributed by atoms with Crippen molar-refractivity contribution in [2.45, 2.75) is 32.9 Å². The molecule has 0 aliphatic heterocycles. The number of amides is 1. The van der Waals surface area contributed by atoms with E-state index in [1.807, 2.05) is 13.8 Å². The van der Waals surface area contributed by atoms with Crippen molar-refractivity contribution in [3.05, 3.63) is 0 Å². The molecular formula is C8H18N2O2. The summed E-state index contributed by atoms with van der Waals surface area (Å²) in [5, 5.41) is 11.5. The van der Waals surface area contributed by atoms with Crippen LogP contribution in [-0.2, 0) is 4.79 Å². The fraction of sp³-hybridized carbons (Fsp3) is 0.875.